The first-order valence-electron chi connectivity index (χ1n) is 15.7. The molecule has 3 aromatic heterocycles. The Kier molecular flexibility index (Phi) is 10.9. The number of nitrogens with zero attached hydrogens (tertiary/aromatic N) is 5. The molecule has 6 aromatic rings. The van der Waals surface area contributed by atoms with Crippen LogP contribution in [-0.2, 0) is 12.0 Å². The minimum Gasteiger partial charge on any atom is -0.507 e. The number of aliphatic hydroxyl groups is 1. The Bertz CT molecular complexity index is 2140. The van der Waals surface area contributed by atoms with E-state index in [0.717, 1.165) is 26.8 Å². The summed E-state index contributed by atoms with van der Waals surface area (Å²) in [4.78, 5) is 15.3. The molecule has 0 unspecified atom stereocenters. The van der Waals surface area contributed by atoms with Crippen LogP contribution in [0.4, 0.5) is 10.6 Å². The first-order valence-corrected chi connectivity index (χ1v) is 18.3. The number of amides is 2. The number of aliphatic hydroxyl groups excluding tert-OH is 1. The van der Waals surface area contributed by atoms with Crippen molar-refractivity contribution in [3.8, 4) is 28.6 Å². The van der Waals surface area contributed by atoms with E-state index in [4.69, 9.17) is 21.4 Å². The third kappa shape index (κ3) is 8.02. The largest absolute Gasteiger partial charge is 0.507 e. The monoisotopic (exact) mass is 729 g/mol. The quantitative estimate of drug-likeness (QED) is 0.0956. The summed E-state index contributed by atoms with van der Waals surface area (Å²) in [6.45, 7) is 4.60. The van der Waals surface area contributed by atoms with Crippen LogP contribution < -0.4 is 15.4 Å². The van der Waals surface area contributed by atoms with Gasteiger partial charge < -0.3 is 20.3 Å². The number of hydrogen-bond acceptors (Lipinski definition) is 9. The minimum atomic E-state index is -0.384. The summed E-state index contributed by atoms with van der Waals surface area (Å²) in [5.74, 6) is 2.47. The van der Waals surface area contributed by atoms with Crippen molar-refractivity contribution in [2.24, 2.45) is 0 Å². The predicted octanol–water partition coefficient (Wildman–Crippen LogP) is 7.43. The number of carbonyl (C=O) groups is 1. The van der Waals surface area contributed by atoms with Gasteiger partial charge in [-0.15, -0.1) is 10.2 Å². The summed E-state index contributed by atoms with van der Waals surface area (Å²) in [5, 5.41) is 39.6. The Balaban J connectivity index is 1.20. The lowest BCUT2D eigenvalue weighted by Gasteiger charge is -2.20. The fourth-order valence-electron chi connectivity index (χ4n) is 5.32. The maximum Gasteiger partial charge on any atom is 0.320 e. The zero-order chi connectivity index (χ0) is 35.3. The van der Waals surface area contributed by atoms with Gasteiger partial charge >= 0.3 is 6.03 Å². The normalized spacial score (nSPS) is 11.5. The van der Waals surface area contributed by atoms with Crippen molar-refractivity contribution in [2.45, 2.75) is 35.6 Å². The van der Waals surface area contributed by atoms with Gasteiger partial charge in [-0.1, -0.05) is 61.5 Å². The lowest BCUT2D eigenvalue weighted by Crippen LogP contribution is -2.29. The summed E-state index contributed by atoms with van der Waals surface area (Å²) < 4.78 is 9.14. The highest BCUT2D eigenvalue weighted by Crippen LogP contribution is 2.35. The van der Waals surface area contributed by atoms with Gasteiger partial charge in [-0.3, -0.25) is 9.72 Å². The smallest absolute Gasteiger partial charge is 0.320 e. The molecule has 0 saturated heterocycles. The van der Waals surface area contributed by atoms with Crippen LogP contribution >= 0.6 is 35.1 Å². The van der Waals surface area contributed by atoms with Crippen molar-refractivity contribution >= 4 is 52.6 Å². The van der Waals surface area contributed by atoms with Crippen LogP contribution in [-0.4, -0.2) is 65.8 Å². The second-order valence-corrected chi connectivity index (χ2v) is 14.4. The molecular formula is C36H36ClN7O4S2. The van der Waals surface area contributed by atoms with Crippen LogP contribution in [0.15, 0.2) is 101 Å². The van der Waals surface area contributed by atoms with Crippen molar-refractivity contribution in [3.05, 3.63) is 107 Å². The second-order valence-electron chi connectivity index (χ2n) is 12.0. The van der Waals surface area contributed by atoms with Crippen molar-refractivity contribution in [2.75, 3.05) is 30.5 Å². The predicted molar refractivity (Wildman–Crippen MR) is 199 cm³/mol. The summed E-state index contributed by atoms with van der Waals surface area (Å²) in [6, 6.07) is 25.4. The van der Waals surface area contributed by atoms with Gasteiger partial charge in [0.2, 0.25) is 0 Å². The molecule has 6 rings (SSSR count). The zero-order valence-electron chi connectivity index (χ0n) is 27.6. The summed E-state index contributed by atoms with van der Waals surface area (Å²) in [5.41, 5.74) is 3.33. The van der Waals surface area contributed by atoms with Gasteiger partial charge in [-0.2, -0.15) is 16.9 Å². The van der Waals surface area contributed by atoms with Crippen molar-refractivity contribution in [3.63, 3.8) is 0 Å². The van der Waals surface area contributed by atoms with E-state index in [2.05, 4.69) is 40.9 Å². The van der Waals surface area contributed by atoms with E-state index in [9.17, 15) is 15.0 Å². The molecule has 0 saturated carbocycles. The number of hydrogen-bond donors (Lipinski definition) is 4. The van der Waals surface area contributed by atoms with Gasteiger partial charge in [0.05, 0.1) is 23.6 Å². The molecule has 0 fully saturated rings. The van der Waals surface area contributed by atoms with Crippen LogP contribution in [0.3, 0.4) is 0 Å². The van der Waals surface area contributed by atoms with Gasteiger partial charge in [-0.25, -0.2) is 9.48 Å². The maximum absolute atomic E-state index is 13.4. The molecule has 0 radical (unpaired) electrons. The zero-order valence-corrected chi connectivity index (χ0v) is 30.0. The summed E-state index contributed by atoms with van der Waals surface area (Å²) in [7, 11) is 0. The first-order chi connectivity index (χ1) is 24.1. The van der Waals surface area contributed by atoms with Gasteiger partial charge in [0, 0.05) is 50.9 Å². The van der Waals surface area contributed by atoms with E-state index in [1.54, 1.807) is 28.6 Å². The molecule has 3 aromatic carbocycles. The van der Waals surface area contributed by atoms with Gasteiger partial charge in [0.1, 0.15) is 23.9 Å². The molecule has 258 valence electrons. The SMILES string of the molecule is CSCC(C)(C)c1cc(NC(=O)NCc2ccccc2Sc2ccc3nnc(-c4cc(Cl)ccc4O)n3c2)n(-c2cccc(OCCO)c2)n1. The number of halogens is 1. The van der Waals surface area contributed by atoms with Crippen LogP contribution in [0, 0.1) is 0 Å². The Morgan fingerprint density at radius 1 is 1.02 bits per heavy atom. The van der Waals surface area contributed by atoms with Crippen molar-refractivity contribution in [1.29, 1.82) is 0 Å². The number of anilines is 1. The lowest BCUT2D eigenvalue weighted by molar-refractivity contribution is 0.201. The highest BCUT2D eigenvalue weighted by Gasteiger charge is 2.26. The minimum absolute atomic E-state index is 0.0555. The lowest BCUT2D eigenvalue weighted by atomic mass is 9.92. The standard InChI is InChI=1S/C36H36ClN7O4S2/c1-36(2,22-49-3)31-19-33(44(42-31)25-8-6-9-26(18-25)48-16-15-45)39-35(47)38-20-23-7-4-5-10-30(23)50-27-12-14-32-40-41-34(43(32)21-27)28-17-24(37)11-13-29(28)46/h4-14,17-19,21,45-46H,15-16,20,22H2,1-3H3,(H2,38,39,47). The second kappa shape index (κ2) is 15.5. The topological polar surface area (TPSA) is 139 Å². The van der Waals surface area contributed by atoms with Crippen LogP contribution in [0.25, 0.3) is 22.7 Å². The van der Waals surface area contributed by atoms with E-state index in [-0.39, 0.29) is 37.0 Å². The number of urea groups is 1. The van der Waals surface area contributed by atoms with E-state index >= 15 is 0 Å². The molecule has 4 N–H and O–H groups in total. The highest BCUT2D eigenvalue weighted by molar-refractivity contribution is 7.99. The Hall–Kier alpha value is -4.69. The number of benzene rings is 3. The fourth-order valence-corrected chi connectivity index (χ4v) is 7.32. The molecule has 0 bridgehead atoms. The Morgan fingerprint density at radius 2 is 1.86 bits per heavy atom. The number of fused-ring (bicyclic) bond motifs is 1. The molecule has 0 aliphatic heterocycles. The van der Waals surface area contributed by atoms with E-state index in [1.807, 2.05) is 77.3 Å². The number of pyridine rings is 1. The number of ether oxygens (including phenoxy) is 1. The van der Waals surface area contributed by atoms with Gasteiger partial charge in [0.25, 0.3) is 0 Å². The molecule has 14 heteroatoms. The molecule has 2 amide bonds. The van der Waals surface area contributed by atoms with E-state index in [0.29, 0.717) is 39.3 Å². The average molecular weight is 730 g/mol. The third-order valence-electron chi connectivity index (χ3n) is 7.79. The number of phenolic OH excluding ortho intramolecular Hbond substituents is 1. The van der Waals surface area contributed by atoms with Crippen LogP contribution in [0.5, 0.6) is 11.5 Å². The molecule has 3 heterocycles. The molecule has 0 atom stereocenters. The number of rotatable bonds is 13. The van der Waals surface area contributed by atoms with Gasteiger partial charge in [0.15, 0.2) is 11.5 Å². The van der Waals surface area contributed by atoms with Crippen molar-refractivity contribution < 1.29 is 19.7 Å². The number of thioether (sulfide) groups is 1. The maximum atomic E-state index is 13.4. The molecule has 0 spiro atoms. The average Bonchev–Trinajstić information content (AvgIpc) is 3.73. The van der Waals surface area contributed by atoms with Crippen LogP contribution in [0.2, 0.25) is 5.02 Å². The van der Waals surface area contributed by atoms with E-state index < -0.39 is 0 Å². The Morgan fingerprint density at radius 3 is 2.68 bits per heavy atom. The highest BCUT2D eigenvalue weighted by atomic mass is 35.5. The van der Waals surface area contributed by atoms with Crippen LogP contribution in [0.1, 0.15) is 25.1 Å². The number of phenols is 1. The molecule has 50 heavy (non-hydrogen) atoms. The number of aromatic nitrogens is 5. The summed E-state index contributed by atoms with van der Waals surface area (Å²) in [6.07, 6.45) is 3.97. The Labute approximate surface area is 303 Å². The molecular weight excluding hydrogens is 694 g/mol. The number of aromatic hydroxyl groups is 1. The third-order valence-corrected chi connectivity index (χ3v) is 10.1. The number of carbonyl (C=O) groups excluding carboxylic acids is 1. The molecule has 0 aliphatic carbocycles. The van der Waals surface area contributed by atoms with E-state index in [1.165, 1.54) is 17.8 Å². The van der Waals surface area contributed by atoms with Crippen molar-refractivity contribution in [1.82, 2.24) is 29.7 Å². The first kappa shape index (κ1) is 35.1. The molecule has 11 nitrogen and oxygen atoms in total. The van der Waals surface area contributed by atoms with Gasteiger partial charge in [-0.05, 0) is 60.4 Å². The summed E-state index contributed by atoms with van der Waals surface area (Å²) >= 11 is 9.47. The number of nitrogens with one attached hydrogen (secondary N) is 2. The molecule has 0 aliphatic rings. The fraction of sp³-hybridized carbons (Fsp3) is 0.222.